The zero-order valence-corrected chi connectivity index (χ0v) is 22.2. The molecule has 2 heterocycles. The lowest BCUT2D eigenvalue weighted by atomic mass is 9.95. The predicted molar refractivity (Wildman–Crippen MR) is 137 cm³/mol. The van der Waals surface area contributed by atoms with E-state index in [-0.39, 0.29) is 24.9 Å². The van der Waals surface area contributed by atoms with Gasteiger partial charge < -0.3 is 10.6 Å². The summed E-state index contributed by atoms with van der Waals surface area (Å²) in [4.78, 5) is 33.6. The van der Waals surface area contributed by atoms with Crippen LogP contribution in [-0.4, -0.2) is 92.0 Å². The van der Waals surface area contributed by atoms with Gasteiger partial charge in [0.15, 0.2) is 0 Å². The van der Waals surface area contributed by atoms with Crippen LogP contribution in [0.25, 0.3) is 0 Å². The number of nitrogens with two attached hydrogens (primary N) is 1. The molecule has 3 atom stereocenters. The number of carbonyl (C=O) groups is 2. The topological polar surface area (TPSA) is 134 Å². The van der Waals surface area contributed by atoms with E-state index in [1.165, 1.54) is 11.4 Å². The third kappa shape index (κ3) is 6.41. The van der Waals surface area contributed by atoms with Gasteiger partial charge in [0.1, 0.15) is 18.4 Å². The molecule has 0 aromatic heterocycles. The fourth-order valence-electron chi connectivity index (χ4n) is 5.41. The van der Waals surface area contributed by atoms with Crippen LogP contribution in [0.4, 0.5) is 4.79 Å². The summed E-state index contributed by atoms with van der Waals surface area (Å²) >= 11 is 0. The van der Waals surface area contributed by atoms with E-state index in [1.807, 2.05) is 42.2 Å². The summed E-state index contributed by atoms with van der Waals surface area (Å²) in [6, 6.07) is 7.28. The minimum Gasteiger partial charge on any atom is -0.361 e. The highest BCUT2D eigenvalue weighted by molar-refractivity contribution is 7.88. The molecule has 36 heavy (non-hydrogen) atoms. The third-order valence-electron chi connectivity index (χ3n) is 7.45. The Morgan fingerprint density at radius 1 is 1.28 bits per heavy atom. The number of imide groups is 1. The fraction of sp³-hybridized carbons (Fsp3) is 0.625. The van der Waals surface area contributed by atoms with Crippen LogP contribution in [0, 0.1) is 5.92 Å². The quantitative estimate of drug-likeness (QED) is 0.204. The first-order valence-corrected chi connectivity index (χ1v) is 14.2. The summed E-state index contributed by atoms with van der Waals surface area (Å²) in [6.07, 6.45) is 5.83. The van der Waals surface area contributed by atoms with E-state index in [0.29, 0.717) is 32.5 Å². The van der Waals surface area contributed by atoms with Crippen molar-refractivity contribution in [1.29, 1.82) is 0 Å². The van der Waals surface area contributed by atoms with Gasteiger partial charge in [0.2, 0.25) is 10.0 Å². The molecule has 3 N–H and O–H groups in total. The van der Waals surface area contributed by atoms with E-state index in [2.05, 4.69) is 10.7 Å². The summed E-state index contributed by atoms with van der Waals surface area (Å²) in [5, 5.41) is 3.94. The number of quaternary nitrogens is 1. The van der Waals surface area contributed by atoms with Crippen molar-refractivity contribution in [3.63, 3.8) is 0 Å². The first kappa shape index (κ1) is 28.0. The second-order valence-electron chi connectivity index (χ2n) is 9.82. The number of nitrogens with zero attached hydrogens (tertiary/aromatic N) is 4. The van der Waals surface area contributed by atoms with E-state index in [9.17, 15) is 18.0 Å². The van der Waals surface area contributed by atoms with Crippen LogP contribution >= 0.6 is 0 Å². The maximum atomic E-state index is 14.2. The second kappa shape index (κ2) is 12.1. The Balaban J connectivity index is 1.90. The van der Waals surface area contributed by atoms with Gasteiger partial charge in [0.25, 0.3) is 0 Å². The van der Waals surface area contributed by atoms with Gasteiger partial charge in [-0.2, -0.15) is 14.4 Å². The van der Waals surface area contributed by atoms with Gasteiger partial charge in [0.05, 0.1) is 19.9 Å². The normalized spacial score (nSPS) is 24.3. The molecule has 0 spiro atoms. The molecule has 0 radical (unpaired) electrons. The molecule has 1 aromatic carbocycles. The molecule has 11 nitrogen and oxygen atoms in total. The lowest BCUT2D eigenvalue weighted by Crippen LogP contribution is -2.67. The molecule has 12 heteroatoms. The Kier molecular flexibility index (Phi) is 9.45. The highest BCUT2D eigenvalue weighted by atomic mass is 32.2. The average Bonchev–Trinajstić information content (AvgIpc) is 3.24. The van der Waals surface area contributed by atoms with Crippen molar-refractivity contribution >= 4 is 28.3 Å². The number of rotatable bonds is 10. The molecule has 2 aliphatic heterocycles. The van der Waals surface area contributed by atoms with Gasteiger partial charge in [-0.1, -0.05) is 30.3 Å². The summed E-state index contributed by atoms with van der Waals surface area (Å²) in [6.45, 7) is 3.75. The molecule has 2 aliphatic rings. The van der Waals surface area contributed by atoms with Crippen LogP contribution in [0.5, 0.6) is 0 Å². The molecule has 0 saturated carbocycles. The number of primary amides is 1. The van der Waals surface area contributed by atoms with Gasteiger partial charge in [-0.05, 0) is 31.2 Å². The lowest BCUT2D eigenvalue weighted by Gasteiger charge is -2.39. The number of hydrogen-bond acceptors (Lipinski definition) is 7. The smallest absolute Gasteiger partial charge is 0.361 e. The SMILES string of the molecule is CONN=CN1CCC(CN([C@H](Cc2ccccc2)C(=O)[N+]2(C(N)=O)CCC[C@H]2C)S(C)(=O)=O)CC1. The zero-order valence-electron chi connectivity index (χ0n) is 21.4. The number of hydrogen-bond donors (Lipinski definition) is 2. The summed E-state index contributed by atoms with van der Waals surface area (Å²) in [5.41, 5.74) is 9.07. The monoisotopic (exact) mass is 523 g/mol. The van der Waals surface area contributed by atoms with Crippen LogP contribution < -0.4 is 11.3 Å². The number of likely N-dealkylation sites (tertiary alicyclic amines) is 2. The maximum absolute atomic E-state index is 14.2. The number of sulfonamides is 1. The first-order valence-electron chi connectivity index (χ1n) is 12.4. The van der Waals surface area contributed by atoms with Crippen LogP contribution in [0.3, 0.4) is 0 Å². The number of hydrazone groups is 1. The van der Waals surface area contributed by atoms with Gasteiger partial charge in [-0.3, -0.25) is 4.84 Å². The Morgan fingerprint density at radius 2 is 1.94 bits per heavy atom. The van der Waals surface area contributed by atoms with Crippen LogP contribution in [0.2, 0.25) is 0 Å². The number of nitrogens with one attached hydrogen (secondary N) is 1. The summed E-state index contributed by atoms with van der Waals surface area (Å²) < 4.78 is 27.1. The van der Waals surface area contributed by atoms with Crippen LogP contribution in [0.15, 0.2) is 35.4 Å². The number of carbonyl (C=O) groups excluding carboxylic acids is 2. The number of amides is 3. The molecule has 1 aromatic rings. The minimum atomic E-state index is -3.78. The zero-order chi connectivity index (χ0) is 26.3. The third-order valence-corrected chi connectivity index (χ3v) is 8.71. The van der Waals surface area contributed by atoms with Gasteiger partial charge in [0, 0.05) is 38.9 Å². The van der Waals surface area contributed by atoms with Gasteiger partial charge in [-0.15, -0.1) is 5.10 Å². The molecular weight excluding hydrogens is 484 g/mol. The van der Waals surface area contributed by atoms with E-state index < -0.39 is 32.5 Å². The molecule has 0 bridgehead atoms. The predicted octanol–water partition coefficient (Wildman–Crippen LogP) is 1.27. The van der Waals surface area contributed by atoms with Crippen molar-refractivity contribution in [2.45, 2.75) is 51.1 Å². The molecule has 2 saturated heterocycles. The molecule has 3 amide bonds. The molecule has 1 unspecified atom stereocenters. The van der Waals surface area contributed by atoms with Crippen molar-refractivity contribution in [1.82, 2.24) is 14.8 Å². The van der Waals surface area contributed by atoms with Crippen LogP contribution in [-0.2, 0) is 26.1 Å². The minimum absolute atomic E-state index is 0.0591. The first-order chi connectivity index (χ1) is 17.1. The number of benzene rings is 1. The Labute approximate surface area is 213 Å². The van der Waals surface area contributed by atoms with Crippen molar-refractivity contribution in [3.05, 3.63) is 35.9 Å². The fourth-order valence-corrected chi connectivity index (χ4v) is 6.52. The lowest BCUT2D eigenvalue weighted by molar-refractivity contribution is -0.784. The summed E-state index contributed by atoms with van der Waals surface area (Å²) in [7, 11) is -2.30. The number of piperidine rings is 1. The largest absolute Gasteiger partial charge is 0.421 e. The van der Waals surface area contributed by atoms with Crippen LogP contribution in [0.1, 0.15) is 38.2 Å². The standard InChI is InChI=1S/C24H38N6O5S/c1-19-8-7-15-30(19,24(25)32)23(31)22(16-20-9-5-4-6-10-20)29(36(3,33)34)17-21-11-13-28(14-12-21)18-26-27-35-2/h4-6,9-10,18-19,21-22,27H,7-8,11-17H2,1-3H3,(H-,25,32)/p+1/t19-,22-,30?/m1/s1. The summed E-state index contributed by atoms with van der Waals surface area (Å²) in [5.74, 6) is -0.374. The molecule has 200 valence electrons. The Hall–Kier alpha value is -2.54. The molecule has 3 rings (SSSR count). The maximum Gasteiger partial charge on any atom is 0.421 e. The van der Waals surface area contributed by atoms with Gasteiger partial charge >= 0.3 is 11.9 Å². The van der Waals surface area contributed by atoms with E-state index >= 15 is 0 Å². The average molecular weight is 524 g/mol. The molecule has 0 aliphatic carbocycles. The van der Waals surface area contributed by atoms with E-state index in [4.69, 9.17) is 10.6 Å². The molecule has 2 fully saturated rings. The van der Waals surface area contributed by atoms with Crippen molar-refractivity contribution in [2.75, 3.05) is 39.5 Å². The van der Waals surface area contributed by atoms with Crippen molar-refractivity contribution in [3.8, 4) is 0 Å². The molecular formula is C24H39N6O5S+. The number of urea groups is 1. The van der Waals surface area contributed by atoms with Crippen molar-refractivity contribution in [2.24, 2.45) is 16.8 Å². The van der Waals surface area contributed by atoms with E-state index in [1.54, 1.807) is 6.34 Å². The second-order valence-corrected chi connectivity index (χ2v) is 11.8. The van der Waals surface area contributed by atoms with Gasteiger partial charge in [-0.25, -0.2) is 18.0 Å². The van der Waals surface area contributed by atoms with Crippen molar-refractivity contribution < 1.29 is 27.3 Å². The highest BCUT2D eigenvalue weighted by Gasteiger charge is 2.55. The Morgan fingerprint density at radius 3 is 2.47 bits per heavy atom. The highest BCUT2D eigenvalue weighted by Crippen LogP contribution is 2.31. The Bertz CT molecular complexity index is 1030. The van der Waals surface area contributed by atoms with E-state index in [0.717, 1.165) is 24.7 Å².